The number of para-hydroxylation sites is 1. The van der Waals surface area contributed by atoms with Crippen molar-refractivity contribution < 1.29 is 9.72 Å². The number of hydrogen-bond donors (Lipinski definition) is 1. The molecule has 6 heteroatoms. The molecule has 0 amide bonds. The van der Waals surface area contributed by atoms with Gasteiger partial charge in [0.15, 0.2) is 5.78 Å². The number of ketones is 1. The van der Waals surface area contributed by atoms with Crippen LogP contribution in [0.2, 0.25) is 0 Å². The fourth-order valence-electron chi connectivity index (χ4n) is 1.88. The molecule has 18 heavy (non-hydrogen) atoms. The summed E-state index contributed by atoms with van der Waals surface area (Å²) < 4.78 is 0. The first-order valence-corrected chi connectivity index (χ1v) is 6.02. The third kappa shape index (κ3) is 2.22. The van der Waals surface area contributed by atoms with Gasteiger partial charge in [-0.1, -0.05) is 12.1 Å². The van der Waals surface area contributed by atoms with Gasteiger partial charge in [-0.2, -0.15) is 0 Å². The normalized spacial score (nSPS) is 10.7. The number of carbonyl (C=O) groups excluding carboxylic acids is 1. The number of carbonyl (C=O) groups is 1. The summed E-state index contributed by atoms with van der Waals surface area (Å²) in [6.45, 7) is 0. The van der Waals surface area contributed by atoms with E-state index in [0.29, 0.717) is 35.2 Å². The number of rotatable bonds is 5. The van der Waals surface area contributed by atoms with Gasteiger partial charge >= 0.3 is 0 Å². The Balaban J connectivity index is 2.45. The molecule has 1 aromatic heterocycles. The van der Waals surface area contributed by atoms with E-state index < -0.39 is 4.92 Å². The number of nitro groups is 1. The van der Waals surface area contributed by atoms with Crippen LogP contribution in [-0.4, -0.2) is 21.6 Å². The molecule has 0 aliphatic heterocycles. The summed E-state index contributed by atoms with van der Waals surface area (Å²) in [7, 11) is 0. The number of hydrogen-bond acceptors (Lipinski definition) is 3. The molecule has 2 aromatic rings. The van der Waals surface area contributed by atoms with Crippen molar-refractivity contribution in [1.29, 1.82) is 0 Å². The molecule has 0 aliphatic carbocycles. The topological polar surface area (TPSA) is 76.0 Å². The first-order valence-electron chi connectivity index (χ1n) is 5.49. The molecule has 94 valence electrons. The fraction of sp³-hybridized carbons (Fsp3) is 0.250. The quantitative estimate of drug-likeness (QED) is 0.390. The zero-order valence-electron chi connectivity index (χ0n) is 9.48. The predicted octanol–water partition coefficient (Wildman–Crippen LogP) is 3.28. The maximum Gasteiger partial charge on any atom is 0.293 e. The Morgan fingerprint density at radius 1 is 1.44 bits per heavy atom. The van der Waals surface area contributed by atoms with E-state index in [1.165, 1.54) is 12.3 Å². The summed E-state index contributed by atoms with van der Waals surface area (Å²) in [6, 6.07) is 4.69. The number of H-pyrrole nitrogens is 1. The Hall–Kier alpha value is -1.88. The van der Waals surface area contributed by atoms with Gasteiger partial charge in [0.2, 0.25) is 0 Å². The number of halogens is 1. The van der Waals surface area contributed by atoms with Gasteiger partial charge in [-0.3, -0.25) is 14.9 Å². The number of nitrogens with zero attached hydrogens (tertiary/aromatic N) is 1. The summed E-state index contributed by atoms with van der Waals surface area (Å²) in [5, 5.41) is 11.4. The van der Waals surface area contributed by atoms with Crippen LogP contribution in [0.4, 0.5) is 5.69 Å². The standard InChI is InChI=1S/C12H11ClN2O3/c13-6-2-5-11(16)9-7-14-12-8(9)3-1-4-10(12)15(17)18/h1,3-4,7,14H,2,5-6H2. The van der Waals surface area contributed by atoms with Crippen LogP contribution in [0.25, 0.3) is 10.9 Å². The van der Waals surface area contributed by atoms with Gasteiger partial charge in [0.25, 0.3) is 5.69 Å². The summed E-state index contributed by atoms with van der Waals surface area (Å²) >= 11 is 5.54. The lowest BCUT2D eigenvalue weighted by atomic mass is 10.1. The van der Waals surface area contributed by atoms with Crippen LogP contribution in [0.5, 0.6) is 0 Å². The zero-order chi connectivity index (χ0) is 13.1. The van der Waals surface area contributed by atoms with Crippen LogP contribution in [0.1, 0.15) is 23.2 Å². The van der Waals surface area contributed by atoms with Gasteiger partial charge in [-0.15, -0.1) is 11.6 Å². The van der Waals surface area contributed by atoms with Crippen molar-refractivity contribution in [3.8, 4) is 0 Å². The first kappa shape index (κ1) is 12.6. The highest BCUT2D eigenvalue weighted by atomic mass is 35.5. The molecule has 1 heterocycles. The number of nitrogens with one attached hydrogen (secondary N) is 1. The molecule has 0 saturated carbocycles. The number of alkyl halides is 1. The van der Waals surface area contributed by atoms with Crippen molar-refractivity contribution in [2.75, 3.05) is 5.88 Å². The van der Waals surface area contributed by atoms with E-state index in [9.17, 15) is 14.9 Å². The lowest BCUT2D eigenvalue weighted by Gasteiger charge is -1.98. The minimum Gasteiger partial charge on any atom is -0.355 e. The van der Waals surface area contributed by atoms with Crippen molar-refractivity contribution in [2.24, 2.45) is 0 Å². The molecule has 0 radical (unpaired) electrons. The van der Waals surface area contributed by atoms with Gasteiger partial charge in [-0.05, 0) is 6.42 Å². The number of benzene rings is 1. The molecular formula is C12H11ClN2O3. The monoisotopic (exact) mass is 266 g/mol. The van der Waals surface area contributed by atoms with Gasteiger partial charge in [0, 0.05) is 35.5 Å². The Kier molecular flexibility index (Phi) is 3.62. The van der Waals surface area contributed by atoms with Crippen molar-refractivity contribution in [3.63, 3.8) is 0 Å². The largest absolute Gasteiger partial charge is 0.355 e. The number of nitro benzene ring substituents is 1. The highest BCUT2D eigenvalue weighted by molar-refractivity contribution is 6.18. The van der Waals surface area contributed by atoms with E-state index >= 15 is 0 Å². The molecule has 0 atom stereocenters. The van der Waals surface area contributed by atoms with Crippen LogP contribution < -0.4 is 0 Å². The molecule has 0 unspecified atom stereocenters. The Labute approximate surface area is 108 Å². The molecule has 1 aromatic carbocycles. The average Bonchev–Trinajstić information content (AvgIpc) is 2.79. The number of fused-ring (bicyclic) bond motifs is 1. The fourth-order valence-corrected chi connectivity index (χ4v) is 2.02. The molecule has 2 rings (SSSR count). The van der Waals surface area contributed by atoms with E-state index in [1.807, 2.05) is 0 Å². The van der Waals surface area contributed by atoms with Crippen LogP contribution >= 0.6 is 11.6 Å². The Morgan fingerprint density at radius 2 is 2.22 bits per heavy atom. The second kappa shape index (κ2) is 5.18. The number of non-ortho nitro benzene ring substituents is 1. The second-order valence-electron chi connectivity index (χ2n) is 3.87. The molecule has 0 saturated heterocycles. The smallest absolute Gasteiger partial charge is 0.293 e. The maximum absolute atomic E-state index is 11.9. The van der Waals surface area contributed by atoms with E-state index in [1.54, 1.807) is 12.1 Å². The zero-order valence-corrected chi connectivity index (χ0v) is 10.2. The molecular weight excluding hydrogens is 256 g/mol. The first-order chi connectivity index (χ1) is 8.65. The summed E-state index contributed by atoms with van der Waals surface area (Å²) in [5.41, 5.74) is 0.847. The third-order valence-corrected chi connectivity index (χ3v) is 3.00. The van der Waals surface area contributed by atoms with Crippen LogP contribution in [-0.2, 0) is 0 Å². The predicted molar refractivity (Wildman–Crippen MR) is 69.2 cm³/mol. The molecule has 5 nitrogen and oxygen atoms in total. The van der Waals surface area contributed by atoms with Gasteiger partial charge < -0.3 is 4.98 Å². The van der Waals surface area contributed by atoms with Crippen molar-refractivity contribution in [1.82, 2.24) is 4.98 Å². The summed E-state index contributed by atoms with van der Waals surface area (Å²) in [4.78, 5) is 25.1. The number of aromatic nitrogens is 1. The van der Waals surface area contributed by atoms with Crippen molar-refractivity contribution >= 4 is 34.0 Å². The summed E-state index contributed by atoms with van der Waals surface area (Å²) in [6.07, 6.45) is 2.47. The van der Waals surface area contributed by atoms with E-state index in [4.69, 9.17) is 11.6 Å². The van der Waals surface area contributed by atoms with Crippen LogP contribution in [0, 0.1) is 10.1 Å². The highest BCUT2D eigenvalue weighted by Gasteiger charge is 2.18. The Bertz CT molecular complexity index is 606. The van der Waals surface area contributed by atoms with Crippen LogP contribution in [0.15, 0.2) is 24.4 Å². The maximum atomic E-state index is 11.9. The lowest BCUT2D eigenvalue weighted by molar-refractivity contribution is -0.383. The summed E-state index contributed by atoms with van der Waals surface area (Å²) in [5.74, 6) is 0.372. The lowest BCUT2D eigenvalue weighted by Crippen LogP contribution is -1.98. The van der Waals surface area contributed by atoms with E-state index in [-0.39, 0.29) is 11.5 Å². The Morgan fingerprint density at radius 3 is 2.89 bits per heavy atom. The highest BCUT2D eigenvalue weighted by Crippen LogP contribution is 2.27. The second-order valence-corrected chi connectivity index (χ2v) is 4.25. The SMILES string of the molecule is O=C(CCCCl)c1c[nH]c2c([N+](=O)[O-])cccc12. The van der Waals surface area contributed by atoms with Gasteiger partial charge in [0.05, 0.1) is 4.92 Å². The molecule has 0 aliphatic rings. The molecule has 0 fully saturated rings. The molecule has 0 bridgehead atoms. The molecule has 1 N–H and O–H groups in total. The van der Waals surface area contributed by atoms with Gasteiger partial charge in [-0.25, -0.2) is 0 Å². The number of aromatic amines is 1. The number of Topliss-reactive ketones (excluding diaryl/α,β-unsaturated/α-hetero) is 1. The van der Waals surface area contributed by atoms with Crippen LogP contribution in [0.3, 0.4) is 0 Å². The van der Waals surface area contributed by atoms with E-state index in [2.05, 4.69) is 4.98 Å². The average molecular weight is 267 g/mol. The minimum absolute atomic E-state index is 0.0242. The van der Waals surface area contributed by atoms with Crippen molar-refractivity contribution in [2.45, 2.75) is 12.8 Å². The minimum atomic E-state index is -0.466. The van der Waals surface area contributed by atoms with Gasteiger partial charge in [0.1, 0.15) is 5.52 Å². The molecule has 0 spiro atoms. The third-order valence-electron chi connectivity index (χ3n) is 2.73. The van der Waals surface area contributed by atoms with Crippen molar-refractivity contribution in [3.05, 3.63) is 40.1 Å². The van der Waals surface area contributed by atoms with E-state index in [0.717, 1.165) is 0 Å².